The van der Waals surface area contributed by atoms with Gasteiger partial charge in [0.15, 0.2) is 6.61 Å². The van der Waals surface area contributed by atoms with Crippen LogP contribution < -0.4 is 19.7 Å². The molecule has 1 aliphatic rings. The zero-order chi connectivity index (χ0) is 19.2. The third-order valence-corrected chi connectivity index (χ3v) is 4.41. The summed E-state index contributed by atoms with van der Waals surface area (Å²) in [6.07, 6.45) is 0.631. The Kier molecular flexibility index (Phi) is 6.42. The molecule has 27 heavy (non-hydrogen) atoms. The van der Waals surface area contributed by atoms with Crippen LogP contribution in [0.4, 0.5) is 11.4 Å². The van der Waals surface area contributed by atoms with E-state index in [4.69, 9.17) is 32.7 Å². The number of halogens is 2. The van der Waals surface area contributed by atoms with Gasteiger partial charge in [0.05, 0.1) is 12.3 Å². The number of hydrogen-bond donors (Lipinski definition) is 1. The lowest BCUT2D eigenvalue weighted by Gasteiger charge is -2.29. The van der Waals surface area contributed by atoms with E-state index in [1.54, 1.807) is 47.4 Å². The van der Waals surface area contributed by atoms with Crippen molar-refractivity contribution in [3.8, 4) is 11.5 Å². The zero-order valence-electron chi connectivity index (χ0n) is 14.4. The molecule has 3 rings (SSSR count). The highest BCUT2D eigenvalue weighted by molar-refractivity contribution is 6.30. The van der Waals surface area contributed by atoms with Crippen molar-refractivity contribution in [2.45, 2.75) is 6.42 Å². The van der Waals surface area contributed by atoms with Crippen LogP contribution in [-0.2, 0) is 9.59 Å². The van der Waals surface area contributed by atoms with Gasteiger partial charge in [0, 0.05) is 17.3 Å². The second-order valence-corrected chi connectivity index (χ2v) is 6.56. The molecule has 1 aliphatic heterocycles. The van der Waals surface area contributed by atoms with Crippen molar-refractivity contribution in [1.29, 1.82) is 0 Å². The monoisotopic (exact) mass is 408 g/mol. The summed E-state index contributed by atoms with van der Waals surface area (Å²) in [7, 11) is 0. The van der Waals surface area contributed by atoms with Crippen LogP contribution in [-0.4, -0.2) is 37.5 Å². The molecule has 0 aromatic heterocycles. The molecule has 0 aliphatic carbocycles. The molecule has 8 heteroatoms. The minimum Gasteiger partial charge on any atom is -0.494 e. The van der Waals surface area contributed by atoms with Crippen molar-refractivity contribution in [2.24, 2.45) is 0 Å². The third-order valence-electron chi connectivity index (χ3n) is 3.92. The highest BCUT2D eigenvalue weighted by Crippen LogP contribution is 2.34. The largest absolute Gasteiger partial charge is 0.494 e. The molecule has 1 heterocycles. The first kappa shape index (κ1) is 19.3. The summed E-state index contributed by atoms with van der Waals surface area (Å²) in [5.41, 5.74) is 1.17. The molecular formula is C19H18Cl2N2O4. The number of ether oxygens (including phenoxy) is 2. The van der Waals surface area contributed by atoms with Gasteiger partial charge in [0.25, 0.3) is 5.91 Å². The van der Waals surface area contributed by atoms with E-state index in [2.05, 4.69) is 5.32 Å². The van der Waals surface area contributed by atoms with Gasteiger partial charge in [-0.25, -0.2) is 0 Å². The van der Waals surface area contributed by atoms with E-state index in [1.807, 2.05) is 0 Å². The SMILES string of the molecule is O=C(CCl)Nc1ccc2c(c1)N(CCCOc1ccc(Cl)cc1)C(=O)CO2. The molecule has 142 valence electrons. The predicted molar refractivity (Wildman–Crippen MR) is 105 cm³/mol. The first-order valence-electron chi connectivity index (χ1n) is 8.38. The Labute approximate surface area is 167 Å². The topological polar surface area (TPSA) is 67.9 Å². The Hall–Kier alpha value is -2.44. The summed E-state index contributed by atoms with van der Waals surface area (Å²) in [5, 5.41) is 3.32. The van der Waals surface area contributed by atoms with E-state index in [1.165, 1.54) is 0 Å². The number of alkyl halides is 1. The molecule has 0 spiro atoms. The lowest BCUT2D eigenvalue weighted by Crippen LogP contribution is -2.39. The smallest absolute Gasteiger partial charge is 0.265 e. The Morgan fingerprint density at radius 3 is 2.74 bits per heavy atom. The molecular weight excluding hydrogens is 391 g/mol. The number of fused-ring (bicyclic) bond motifs is 1. The number of nitrogens with one attached hydrogen (secondary N) is 1. The second-order valence-electron chi connectivity index (χ2n) is 5.85. The quantitative estimate of drug-likeness (QED) is 0.559. The van der Waals surface area contributed by atoms with Crippen LogP contribution in [0.5, 0.6) is 11.5 Å². The van der Waals surface area contributed by atoms with Gasteiger partial charge in [-0.15, -0.1) is 11.6 Å². The lowest BCUT2D eigenvalue weighted by atomic mass is 10.2. The van der Waals surface area contributed by atoms with Crippen LogP contribution in [0, 0.1) is 0 Å². The van der Waals surface area contributed by atoms with Gasteiger partial charge in [0.1, 0.15) is 17.4 Å². The fourth-order valence-corrected chi connectivity index (χ4v) is 2.86. The van der Waals surface area contributed by atoms with Gasteiger partial charge < -0.3 is 19.7 Å². The minimum absolute atomic E-state index is 0.0154. The molecule has 0 saturated heterocycles. The fourth-order valence-electron chi connectivity index (χ4n) is 2.66. The van der Waals surface area contributed by atoms with Gasteiger partial charge in [0.2, 0.25) is 5.91 Å². The van der Waals surface area contributed by atoms with Crippen LogP contribution in [0.3, 0.4) is 0 Å². The van der Waals surface area contributed by atoms with Crippen LogP contribution in [0.2, 0.25) is 5.02 Å². The van der Waals surface area contributed by atoms with Gasteiger partial charge in [-0.3, -0.25) is 9.59 Å². The Morgan fingerprint density at radius 2 is 2.00 bits per heavy atom. The average Bonchev–Trinajstić information content (AvgIpc) is 2.68. The summed E-state index contributed by atoms with van der Waals surface area (Å²) < 4.78 is 11.1. The van der Waals surface area contributed by atoms with Crippen molar-refractivity contribution in [3.05, 3.63) is 47.5 Å². The lowest BCUT2D eigenvalue weighted by molar-refractivity contribution is -0.121. The molecule has 0 atom stereocenters. The number of amides is 2. The number of benzene rings is 2. The summed E-state index contributed by atoms with van der Waals surface area (Å²) in [5.74, 6) is 0.715. The number of carbonyl (C=O) groups is 2. The zero-order valence-corrected chi connectivity index (χ0v) is 15.9. The number of anilines is 2. The molecule has 2 amide bonds. The maximum atomic E-state index is 12.3. The van der Waals surface area contributed by atoms with Crippen molar-refractivity contribution in [3.63, 3.8) is 0 Å². The Bertz CT molecular complexity index is 827. The van der Waals surface area contributed by atoms with Crippen molar-refractivity contribution in [1.82, 2.24) is 0 Å². The van der Waals surface area contributed by atoms with Gasteiger partial charge in [-0.2, -0.15) is 0 Å². The third kappa shape index (κ3) is 5.05. The molecule has 0 fully saturated rings. The Morgan fingerprint density at radius 1 is 1.22 bits per heavy atom. The summed E-state index contributed by atoms with van der Waals surface area (Å²) in [6.45, 7) is 0.901. The second kappa shape index (κ2) is 8.97. The number of rotatable bonds is 7. The first-order chi connectivity index (χ1) is 13.1. The number of carbonyl (C=O) groups excluding carboxylic acids is 2. The summed E-state index contributed by atoms with van der Waals surface area (Å²) >= 11 is 11.4. The highest BCUT2D eigenvalue weighted by Gasteiger charge is 2.25. The van der Waals surface area contributed by atoms with Crippen LogP contribution in [0.15, 0.2) is 42.5 Å². The number of nitrogens with zero attached hydrogens (tertiary/aromatic N) is 1. The van der Waals surface area contributed by atoms with E-state index in [-0.39, 0.29) is 24.3 Å². The van der Waals surface area contributed by atoms with Gasteiger partial charge >= 0.3 is 0 Å². The van der Waals surface area contributed by atoms with Crippen LogP contribution in [0.25, 0.3) is 0 Å². The van der Waals surface area contributed by atoms with Crippen molar-refractivity contribution in [2.75, 3.05) is 35.9 Å². The first-order valence-corrected chi connectivity index (χ1v) is 9.29. The van der Waals surface area contributed by atoms with Crippen molar-refractivity contribution >= 4 is 46.4 Å². The van der Waals surface area contributed by atoms with Gasteiger partial charge in [-0.1, -0.05) is 11.6 Å². The molecule has 0 unspecified atom stereocenters. The summed E-state index contributed by atoms with van der Waals surface area (Å²) in [6, 6.07) is 12.2. The minimum atomic E-state index is -0.317. The normalized spacial score (nSPS) is 13.0. The Balaban J connectivity index is 1.63. The molecule has 0 saturated carbocycles. The number of hydrogen-bond acceptors (Lipinski definition) is 4. The maximum absolute atomic E-state index is 12.3. The summed E-state index contributed by atoms with van der Waals surface area (Å²) in [4.78, 5) is 25.4. The molecule has 6 nitrogen and oxygen atoms in total. The van der Waals surface area contributed by atoms with Crippen LogP contribution in [0.1, 0.15) is 6.42 Å². The van der Waals surface area contributed by atoms with E-state index in [9.17, 15) is 9.59 Å². The van der Waals surface area contributed by atoms with Gasteiger partial charge in [-0.05, 0) is 48.9 Å². The molecule has 2 aromatic rings. The maximum Gasteiger partial charge on any atom is 0.265 e. The molecule has 2 aromatic carbocycles. The van der Waals surface area contributed by atoms with Crippen LogP contribution >= 0.6 is 23.2 Å². The molecule has 0 bridgehead atoms. The fraction of sp³-hybridized carbons (Fsp3) is 0.263. The van der Waals surface area contributed by atoms with E-state index >= 15 is 0 Å². The highest BCUT2D eigenvalue weighted by atomic mass is 35.5. The van der Waals surface area contributed by atoms with E-state index in [0.717, 1.165) is 5.75 Å². The molecule has 1 N–H and O–H groups in total. The standard InChI is InChI=1S/C19H18Cl2N2O4/c20-11-18(24)22-14-4-7-17-16(10-14)23(19(25)12-27-17)8-1-9-26-15-5-2-13(21)3-6-15/h2-7,10H,1,8-9,11-12H2,(H,22,24). The average molecular weight is 409 g/mol. The van der Waals surface area contributed by atoms with E-state index in [0.29, 0.717) is 41.7 Å². The predicted octanol–water partition coefficient (Wildman–Crippen LogP) is 3.71. The molecule has 0 radical (unpaired) electrons. The van der Waals surface area contributed by atoms with E-state index < -0.39 is 0 Å². The van der Waals surface area contributed by atoms with Crippen molar-refractivity contribution < 1.29 is 19.1 Å².